The van der Waals surface area contributed by atoms with E-state index in [4.69, 9.17) is 14.2 Å². The van der Waals surface area contributed by atoms with Crippen LogP contribution in [0.4, 0.5) is 0 Å². The summed E-state index contributed by atoms with van der Waals surface area (Å²) in [4.78, 5) is 0. The van der Waals surface area contributed by atoms with Gasteiger partial charge in [-0.3, -0.25) is 0 Å². The summed E-state index contributed by atoms with van der Waals surface area (Å²) in [6.45, 7) is 1.18. The van der Waals surface area contributed by atoms with Gasteiger partial charge in [0.2, 0.25) is 0 Å². The smallest absolute Gasteiger partial charge is 0.189 e. The molecule has 0 amide bonds. The zero-order valence-corrected chi connectivity index (χ0v) is 14.3. The van der Waals surface area contributed by atoms with Gasteiger partial charge in [0.25, 0.3) is 0 Å². The predicted molar refractivity (Wildman–Crippen MR) is 82.2 cm³/mol. The molecule has 0 bridgehead atoms. The zero-order chi connectivity index (χ0) is 19.6. The van der Waals surface area contributed by atoms with Crippen LogP contribution in [-0.2, 0) is 14.2 Å². The molecular formula is C15H28O11. The minimum atomic E-state index is -1.87. The van der Waals surface area contributed by atoms with Gasteiger partial charge in [-0.1, -0.05) is 19.8 Å². The van der Waals surface area contributed by atoms with E-state index in [-0.39, 0.29) is 6.42 Å². The summed E-state index contributed by atoms with van der Waals surface area (Å²) in [5, 5.41) is 78.8. The van der Waals surface area contributed by atoms with E-state index in [1.165, 1.54) is 0 Å². The van der Waals surface area contributed by atoms with Crippen molar-refractivity contribution in [2.24, 2.45) is 0 Å². The number of hydrogen-bond acceptors (Lipinski definition) is 11. The topological polar surface area (TPSA) is 190 Å². The van der Waals surface area contributed by atoms with Crippen molar-refractivity contribution in [3.8, 4) is 0 Å². The van der Waals surface area contributed by atoms with E-state index in [2.05, 4.69) is 0 Å². The summed E-state index contributed by atoms with van der Waals surface area (Å²) >= 11 is 0. The molecule has 2 heterocycles. The molecule has 26 heavy (non-hydrogen) atoms. The predicted octanol–water partition coefficient (Wildman–Crippen LogP) is -3.88. The lowest BCUT2D eigenvalue weighted by atomic mass is 9.83. The highest BCUT2D eigenvalue weighted by Crippen LogP contribution is 2.37. The van der Waals surface area contributed by atoms with Crippen LogP contribution in [0.15, 0.2) is 0 Å². The molecule has 2 aliphatic rings. The Bertz CT molecular complexity index is 451. The summed E-state index contributed by atoms with van der Waals surface area (Å²) in [5.41, 5.74) is -1.62. The van der Waals surface area contributed by atoms with Gasteiger partial charge in [-0.15, -0.1) is 0 Å². The first-order valence-corrected chi connectivity index (χ1v) is 8.54. The number of aliphatic hydroxyl groups excluding tert-OH is 8. The second-order valence-electron chi connectivity index (χ2n) is 6.74. The van der Waals surface area contributed by atoms with Crippen molar-refractivity contribution < 1.29 is 55.1 Å². The highest BCUT2D eigenvalue weighted by molar-refractivity contribution is 5.01. The Balaban J connectivity index is 2.26. The van der Waals surface area contributed by atoms with Crippen molar-refractivity contribution in [1.29, 1.82) is 0 Å². The summed E-state index contributed by atoms with van der Waals surface area (Å²) in [5.74, 6) is 0. The average molecular weight is 384 g/mol. The van der Waals surface area contributed by atoms with Crippen molar-refractivity contribution in [2.45, 2.75) is 87.3 Å². The highest BCUT2D eigenvalue weighted by atomic mass is 16.8. The molecule has 0 spiro atoms. The number of unbranched alkanes of at least 4 members (excludes halogenated alkanes) is 1. The van der Waals surface area contributed by atoms with Gasteiger partial charge in [0.1, 0.15) is 42.2 Å². The summed E-state index contributed by atoms with van der Waals surface area (Å²) in [6.07, 6.45) is -14.3. The third kappa shape index (κ3) is 4.03. The summed E-state index contributed by atoms with van der Waals surface area (Å²) < 4.78 is 15.7. The fourth-order valence-electron chi connectivity index (χ4n) is 3.21. The molecule has 10 atom stereocenters. The first kappa shape index (κ1) is 21.9. The van der Waals surface area contributed by atoms with Gasteiger partial charge in [-0.05, 0) is 6.42 Å². The van der Waals surface area contributed by atoms with E-state index in [0.717, 1.165) is 0 Å². The fraction of sp³-hybridized carbons (Fsp3) is 1.00. The average Bonchev–Trinajstić information content (AvgIpc) is 2.63. The van der Waals surface area contributed by atoms with Crippen molar-refractivity contribution in [2.75, 3.05) is 6.61 Å². The van der Waals surface area contributed by atoms with Gasteiger partial charge >= 0.3 is 0 Å². The number of rotatable bonds is 6. The maximum absolute atomic E-state index is 10.3. The van der Waals surface area contributed by atoms with Crippen LogP contribution in [0, 0.1) is 0 Å². The molecule has 0 saturated carbocycles. The molecule has 2 saturated heterocycles. The number of aliphatic hydroxyl groups is 8. The normalized spacial score (nSPS) is 50.0. The van der Waals surface area contributed by atoms with Crippen molar-refractivity contribution in [3.05, 3.63) is 0 Å². The molecule has 2 fully saturated rings. The standard InChI is InChI=1S/C15H28O11/c1-2-3-4-15(5-16)11(7(18)9(20)13(23)26-15)24-14-10(21)6(17)8(19)12(22)25-14/h6-14,16-23H,2-5H2,1H3/t6-,7-,8-,9+,10+,11-,12-,13+,14+,15+/m0/s1. The van der Waals surface area contributed by atoms with E-state index in [1.807, 2.05) is 6.92 Å². The first-order valence-electron chi connectivity index (χ1n) is 8.54. The Morgan fingerprint density at radius 3 is 2.04 bits per heavy atom. The van der Waals surface area contributed by atoms with Gasteiger partial charge in [0.05, 0.1) is 6.61 Å². The second-order valence-corrected chi connectivity index (χ2v) is 6.74. The van der Waals surface area contributed by atoms with Crippen LogP contribution in [0.1, 0.15) is 26.2 Å². The van der Waals surface area contributed by atoms with Crippen LogP contribution in [0.2, 0.25) is 0 Å². The van der Waals surface area contributed by atoms with Crippen molar-refractivity contribution in [3.63, 3.8) is 0 Å². The van der Waals surface area contributed by atoms with Gasteiger partial charge in [0, 0.05) is 0 Å². The van der Waals surface area contributed by atoms with Crippen LogP contribution >= 0.6 is 0 Å². The fourth-order valence-corrected chi connectivity index (χ4v) is 3.21. The lowest BCUT2D eigenvalue weighted by Crippen LogP contribution is -2.69. The molecule has 11 nitrogen and oxygen atoms in total. The van der Waals surface area contributed by atoms with E-state index in [0.29, 0.717) is 12.8 Å². The lowest BCUT2D eigenvalue weighted by molar-refractivity contribution is -0.392. The van der Waals surface area contributed by atoms with Crippen LogP contribution in [0.5, 0.6) is 0 Å². The summed E-state index contributed by atoms with van der Waals surface area (Å²) in [7, 11) is 0. The second kappa shape index (κ2) is 8.71. The minimum Gasteiger partial charge on any atom is -0.393 e. The molecule has 11 heteroatoms. The van der Waals surface area contributed by atoms with Crippen LogP contribution in [0.3, 0.4) is 0 Å². The Morgan fingerprint density at radius 2 is 1.46 bits per heavy atom. The number of ether oxygens (including phenoxy) is 3. The van der Waals surface area contributed by atoms with E-state index >= 15 is 0 Å². The Morgan fingerprint density at radius 1 is 0.846 bits per heavy atom. The molecule has 0 aromatic heterocycles. The van der Waals surface area contributed by atoms with E-state index in [9.17, 15) is 40.9 Å². The SMILES string of the molecule is CCCC[C@]1(CO)O[C@@H](O)[C@H](O)[C@H](O)[C@@H]1O[C@@H]1O[C@H](O)[C@@H](O)[C@H](O)[C@H]1O. The van der Waals surface area contributed by atoms with Crippen LogP contribution in [-0.4, -0.2) is 109 Å². The first-order chi connectivity index (χ1) is 12.2. The molecule has 0 unspecified atom stereocenters. The van der Waals surface area contributed by atoms with Gasteiger partial charge < -0.3 is 55.1 Å². The molecule has 0 aromatic carbocycles. The quantitative estimate of drug-likeness (QED) is 0.223. The Hall–Kier alpha value is -0.440. The molecular weight excluding hydrogens is 356 g/mol. The molecule has 8 N–H and O–H groups in total. The zero-order valence-electron chi connectivity index (χ0n) is 14.3. The Kier molecular flexibility index (Phi) is 7.32. The molecule has 0 aromatic rings. The van der Waals surface area contributed by atoms with Gasteiger partial charge in [-0.25, -0.2) is 0 Å². The van der Waals surface area contributed by atoms with E-state index < -0.39 is 67.7 Å². The third-order valence-corrected chi connectivity index (χ3v) is 4.87. The van der Waals surface area contributed by atoms with Gasteiger partial charge in [-0.2, -0.15) is 0 Å². The third-order valence-electron chi connectivity index (χ3n) is 4.87. The monoisotopic (exact) mass is 384 g/mol. The molecule has 0 radical (unpaired) electrons. The van der Waals surface area contributed by atoms with Crippen LogP contribution < -0.4 is 0 Å². The Labute approximate surface area is 150 Å². The number of hydrogen-bond donors (Lipinski definition) is 8. The minimum absolute atomic E-state index is 0.141. The lowest BCUT2D eigenvalue weighted by Gasteiger charge is -2.50. The van der Waals surface area contributed by atoms with Gasteiger partial charge in [0.15, 0.2) is 18.9 Å². The van der Waals surface area contributed by atoms with Crippen molar-refractivity contribution >= 4 is 0 Å². The molecule has 2 rings (SSSR count). The van der Waals surface area contributed by atoms with E-state index in [1.54, 1.807) is 0 Å². The maximum Gasteiger partial charge on any atom is 0.189 e. The summed E-state index contributed by atoms with van der Waals surface area (Å²) in [6, 6.07) is 0. The maximum atomic E-state index is 10.3. The molecule has 154 valence electrons. The van der Waals surface area contributed by atoms with Crippen molar-refractivity contribution in [1.82, 2.24) is 0 Å². The molecule has 0 aliphatic carbocycles. The highest BCUT2D eigenvalue weighted by Gasteiger charge is 2.56. The largest absolute Gasteiger partial charge is 0.393 e. The van der Waals surface area contributed by atoms with Crippen LogP contribution in [0.25, 0.3) is 0 Å². The molecule has 2 aliphatic heterocycles.